The monoisotopic (exact) mass is 630 g/mol. The number of carbonyl (C=O) groups excluding carboxylic acids is 2. The van der Waals surface area contributed by atoms with Crippen LogP contribution in [0.2, 0.25) is 0 Å². The van der Waals surface area contributed by atoms with E-state index in [1.165, 1.54) is 23.5 Å². The predicted octanol–water partition coefficient (Wildman–Crippen LogP) is 3.53. The molecule has 0 saturated carbocycles. The van der Waals surface area contributed by atoms with Gasteiger partial charge in [0.25, 0.3) is 0 Å². The Bertz CT molecular complexity index is 532. The minimum Gasteiger partial charge on any atom is -0.455 e. The van der Waals surface area contributed by atoms with Crippen molar-refractivity contribution in [3.05, 3.63) is 0 Å². The Hall–Kier alpha value is 1.23. The fourth-order valence-electron chi connectivity index (χ4n) is 2.08. The van der Waals surface area contributed by atoms with Crippen molar-refractivity contribution in [3.63, 3.8) is 0 Å². The molecule has 208 valence electrons. The number of hydrogen-bond acceptors (Lipinski definition) is 14. The molecule has 0 spiro atoms. The van der Waals surface area contributed by atoms with Gasteiger partial charge in [-0.25, -0.2) is 9.78 Å². The number of rotatable bonds is 27. The summed E-state index contributed by atoms with van der Waals surface area (Å²) < 4.78 is 17.0. The van der Waals surface area contributed by atoms with Gasteiger partial charge in [-0.3, -0.25) is 13.8 Å². The Labute approximate surface area is 237 Å². The summed E-state index contributed by atoms with van der Waals surface area (Å²) in [5.41, 5.74) is 0. The highest BCUT2D eigenvalue weighted by molar-refractivity contribution is 8.14. The molecule has 15 heteroatoms. The molecule has 0 bridgehead atoms. The Morgan fingerprint density at radius 1 is 0.686 bits per heavy atom. The van der Waals surface area contributed by atoms with Crippen molar-refractivity contribution in [2.75, 3.05) is 82.1 Å². The van der Waals surface area contributed by atoms with Crippen molar-refractivity contribution in [1.29, 1.82) is 0 Å². The molecule has 1 atom stereocenters. The number of esters is 1. The summed E-state index contributed by atoms with van der Waals surface area (Å²) >= 11 is 8.90. The van der Waals surface area contributed by atoms with Crippen molar-refractivity contribution in [3.8, 4) is 0 Å². The first-order chi connectivity index (χ1) is 17.1. The summed E-state index contributed by atoms with van der Waals surface area (Å²) in [7, 11) is -0.821. The van der Waals surface area contributed by atoms with E-state index in [0.29, 0.717) is 42.6 Å². The average molecular weight is 631 g/mol. The van der Waals surface area contributed by atoms with Crippen LogP contribution in [0.25, 0.3) is 0 Å². The molecule has 0 heterocycles. The zero-order valence-corrected chi connectivity index (χ0v) is 25.6. The van der Waals surface area contributed by atoms with Crippen molar-refractivity contribution in [2.24, 2.45) is 0 Å². The Morgan fingerprint density at radius 2 is 1.37 bits per heavy atom. The van der Waals surface area contributed by atoms with Gasteiger partial charge in [-0.1, -0.05) is 23.5 Å². The van der Waals surface area contributed by atoms with Crippen LogP contribution in [-0.2, 0) is 34.9 Å². The molecule has 0 aromatic carbocycles. The van der Waals surface area contributed by atoms with Gasteiger partial charge in [-0.2, -0.15) is 35.3 Å². The zero-order valence-electron chi connectivity index (χ0n) is 19.9. The lowest BCUT2D eigenvalue weighted by Gasteiger charge is -2.05. The smallest absolute Gasteiger partial charge is 0.307 e. The fourth-order valence-corrected chi connectivity index (χ4v) is 7.98. The maximum Gasteiger partial charge on any atom is 0.307 e. The summed E-state index contributed by atoms with van der Waals surface area (Å²) in [6.07, 6.45) is 2.64. The molecule has 0 aliphatic rings. The molecule has 35 heavy (non-hydrogen) atoms. The van der Waals surface area contributed by atoms with Gasteiger partial charge in [0.1, 0.15) is 11.9 Å². The van der Waals surface area contributed by atoms with Crippen LogP contribution in [0.5, 0.6) is 0 Å². The molecule has 8 nitrogen and oxygen atoms in total. The van der Waals surface area contributed by atoms with Gasteiger partial charge >= 0.3 is 5.97 Å². The normalized spacial score (nSPS) is 12.1. The summed E-state index contributed by atoms with van der Waals surface area (Å²) in [4.78, 5) is 33.1. The first kappa shape index (κ1) is 36.2. The standard InChI is InChI=1S/C20H38O8S7/c21-15-32-17-26-19(23)3-8-30-7-2-13-35(25)14-12-31-10-11-34-20(24)4-9-29-6-1-5-27-28-18-33-16-22/h21-22H,1-18H2. The average Bonchev–Trinajstić information content (AvgIpc) is 2.84. The van der Waals surface area contributed by atoms with Gasteiger partial charge in [0.2, 0.25) is 0 Å². The SMILES string of the molecule is O=C(CCSCCCS(=O)CCSCCSC(=O)CCSCCCOOCSCO)OCSCO. The van der Waals surface area contributed by atoms with E-state index >= 15 is 0 Å². The van der Waals surface area contributed by atoms with E-state index in [1.54, 1.807) is 35.3 Å². The maximum atomic E-state index is 12.0. The molecule has 0 aromatic rings. The van der Waals surface area contributed by atoms with Crippen molar-refractivity contribution in [2.45, 2.75) is 25.7 Å². The minimum atomic E-state index is -0.821. The summed E-state index contributed by atoms with van der Waals surface area (Å²) in [5, 5.41) is 17.4. The Morgan fingerprint density at radius 3 is 2.14 bits per heavy atom. The van der Waals surface area contributed by atoms with Gasteiger partial charge in [0, 0.05) is 57.5 Å². The highest BCUT2D eigenvalue weighted by Crippen LogP contribution is 2.14. The minimum absolute atomic E-state index is 0.0164. The molecule has 0 amide bonds. The predicted molar refractivity (Wildman–Crippen MR) is 158 cm³/mol. The van der Waals surface area contributed by atoms with Crippen LogP contribution in [0.15, 0.2) is 0 Å². The van der Waals surface area contributed by atoms with Crippen LogP contribution in [-0.4, -0.2) is 108 Å². The maximum absolute atomic E-state index is 12.0. The highest BCUT2D eigenvalue weighted by atomic mass is 32.2. The number of ether oxygens (including phenoxy) is 1. The first-order valence-electron chi connectivity index (χ1n) is 11.1. The Balaban J connectivity index is 3.34. The van der Waals surface area contributed by atoms with E-state index < -0.39 is 10.8 Å². The second kappa shape index (κ2) is 29.8. The molecular weight excluding hydrogens is 593 g/mol. The van der Waals surface area contributed by atoms with Crippen LogP contribution < -0.4 is 0 Å². The van der Waals surface area contributed by atoms with Gasteiger partial charge in [-0.15, -0.1) is 11.8 Å². The summed E-state index contributed by atoms with van der Waals surface area (Å²) in [6, 6.07) is 0. The third kappa shape index (κ3) is 29.6. The number of aliphatic hydroxyl groups is 2. The third-order valence-electron chi connectivity index (χ3n) is 3.72. The van der Waals surface area contributed by atoms with Crippen molar-refractivity contribution in [1.82, 2.24) is 0 Å². The molecule has 0 aliphatic heterocycles. The number of thioether (sulfide) groups is 6. The van der Waals surface area contributed by atoms with Crippen molar-refractivity contribution >= 4 is 92.5 Å². The van der Waals surface area contributed by atoms with Crippen LogP contribution >= 0.6 is 70.6 Å². The highest BCUT2D eigenvalue weighted by Gasteiger charge is 2.05. The molecule has 0 radical (unpaired) electrons. The van der Waals surface area contributed by atoms with Gasteiger partial charge in [0.05, 0.1) is 24.9 Å². The summed E-state index contributed by atoms with van der Waals surface area (Å²) in [5.74, 6) is 7.37. The lowest BCUT2D eigenvalue weighted by Crippen LogP contribution is -2.07. The van der Waals surface area contributed by atoms with Gasteiger partial charge in [0.15, 0.2) is 5.12 Å². The number of hydrogen-bond donors (Lipinski definition) is 2. The van der Waals surface area contributed by atoms with Crippen LogP contribution in [0, 0.1) is 0 Å². The topological polar surface area (TPSA) is 119 Å². The zero-order chi connectivity index (χ0) is 25.8. The number of carbonyl (C=O) groups is 2. The van der Waals surface area contributed by atoms with Crippen molar-refractivity contribution < 1.29 is 38.5 Å². The largest absolute Gasteiger partial charge is 0.455 e. The van der Waals surface area contributed by atoms with Gasteiger partial charge in [-0.05, 0) is 24.3 Å². The van der Waals surface area contributed by atoms with Crippen LogP contribution in [0.3, 0.4) is 0 Å². The van der Waals surface area contributed by atoms with E-state index in [4.69, 9.17) is 24.7 Å². The van der Waals surface area contributed by atoms with Gasteiger partial charge < -0.3 is 14.9 Å². The molecule has 0 aromatic heterocycles. The molecule has 1 unspecified atom stereocenters. The fraction of sp³-hybridized carbons (Fsp3) is 0.900. The first-order valence-corrected chi connectivity index (χ1v) is 19.4. The number of aliphatic hydroxyl groups excluding tert-OH is 2. The van der Waals surface area contributed by atoms with Crippen LogP contribution in [0.1, 0.15) is 25.7 Å². The molecular formula is C20H38O8S7. The second-order valence-corrected chi connectivity index (χ2v) is 14.8. The molecule has 0 fully saturated rings. The van der Waals surface area contributed by atoms with E-state index in [9.17, 15) is 13.8 Å². The second-order valence-electron chi connectivity index (χ2n) is 6.47. The third-order valence-corrected chi connectivity index (χ3v) is 10.6. The Kier molecular flexibility index (Phi) is 30.8. The lowest BCUT2D eigenvalue weighted by atomic mass is 10.5. The lowest BCUT2D eigenvalue weighted by molar-refractivity contribution is -0.278. The molecule has 0 aliphatic carbocycles. The van der Waals surface area contributed by atoms with E-state index in [2.05, 4.69) is 0 Å². The van der Waals surface area contributed by atoms with Crippen LogP contribution in [0.4, 0.5) is 0 Å². The van der Waals surface area contributed by atoms with E-state index in [1.807, 2.05) is 0 Å². The molecule has 0 rings (SSSR count). The van der Waals surface area contributed by atoms with E-state index in [0.717, 1.165) is 59.1 Å². The quantitative estimate of drug-likeness (QED) is 0.0453. The van der Waals surface area contributed by atoms with E-state index in [-0.39, 0.29) is 28.9 Å². The molecule has 2 N–H and O–H groups in total. The summed E-state index contributed by atoms with van der Waals surface area (Å²) in [6.45, 7) is 0.507. The molecule has 0 saturated heterocycles.